The maximum absolute atomic E-state index is 12.9. The van der Waals surface area contributed by atoms with Crippen molar-refractivity contribution in [2.45, 2.75) is 380 Å². The Kier molecular flexibility index (Phi) is 63.1. The number of hydrogen-bond acceptors (Lipinski definition) is 6. The van der Waals surface area contributed by atoms with Gasteiger partial charge in [-0.2, -0.15) is 0 Å². The molecule has 0 heterocycles. The van der Waals surface area contributed by atoms with Gasteiger partial charge in [0, 0.05) is 19.3 Å². The van der Waals surface area contributed by atoms with Crippen molar-refractivity contribution in [3.63, 3.8) is 0 Å². The van der Waals surface area contributed by atoms with Crippen molar-refractivity contribution in [1.82, 2.24) is 0 Å². The average molecular weight is 1070 g/mol. The van der Waals surface area contributed by atoms with Crippen LogP contribution < -0.4 is 0 Å². The predicted molar refractivity (Wildman–Crippen MR) is 330 cm³/mol. The Morgan fingerprint density at radius 3 is 0.737 bits per heavy atom. The van der Waals surface area contributed by atoms with E-state index in [1.807, 2.05) is 0 Å². The number of esters is 3. The van der Waals surface area contributed by atoms with E-state index in [2.05, 4.69) is 57.2 Å². The van der Waals surface area contributed by atoms with Crippen LogP contribution in [0, 0.1) is 0 Å². The quantitative estimate of drug-likeness (QED) is 0.0261. The van der Waals surface area contributed by atoms with Gasteiger partial charge in [-0.3, -0.25) is 14.4 Å². The smallest absolute Gasteiger partial charge is 0.306 e. The molecule has 0 aliphatic heterocycles. The van der Waals surface area contributed by atoms with Gasteiger partial charge < -0.3 is 14.2 Å². The predicted octanol–water partition coefficient (Wildman–Crippen LogP) is 23.2. The van der Waals surface area contributed by atoms with Crippen LogP contribution in [0.15, 0.2) is 36.5 Å². The number of ether oxygens (including phenoxy) is 3. The summed E-state index contributed by atoms with van der Waals surface area (Å²) >= 11 is 0. The number of carbonyl (C=O) groups is 3. The first-order valence-corrected chi connectivity index (χ1v) is 34.0. The molecule has 0 aromatic rings. The van der Waals surface area contributed by atoms with Gasteiger partial charge in [0.2, 0.25) is 0 Å². The van der Waals surface area contributed by atoms with Crippen LogP contribution in [0.25, 0.3) is 0 Å². The van der Waals surface area contributed by atoms with Crippen LogP contribution in [-0.2, 0) is 28.6 Å². The Morgan fingerprint density at radius 1 is 0.263 bits per heavy atom. The fourth-order valence-electron chi connectivity index (χ4n) is 10.3. The molecule has 0 bridgehead atoms. The zero-order chi connectivity index (χ0) is 55.0. The number of carbonyl (C=O) groups excluding carboxylic acids is 3. The monoisotopic (exact) mass is 1070 g/mol. The lowest BCUT2D eigenvalue weighted by Gasteiger charge is -2.18. The zero-order valence-corrected chi connectivity index (χ0v) is 51.3. The average Bonchev–Trinajstić information content (AvgIpc) is 3.42. The van der Waals surface area contributed by atoms with Crippen molar-refractivity contribution < 1.29 is 28.6 Å². The topological polar surface area (TPSA) is 78.9 Å². The molecule has 0 aliphatic carbocycles. The lowest BCUT2D eigenvalue weighted by Crippen LogP contribution is -2.30. The maximum Gasteiger partial charge on any atom is 0.306 e. The van der Waals surface area contributed by atoms with E-state index >= 15 is 0 Å². The van der Waals surface area contributed by atoms with Crippen LogP contribution in [0.3, 0.4) is 0 Å². The van der Waals surface area contributed by atoms with E-state index in [0.29, 0.717) is 19.3 Å². The summed E-state index contributed by atoms with van der Waals surface area (Å²) in [5.74, 6) is -0.839. The van der Waals surface area contributed by atoms with E-state index < -0.39 is 6.10 Å². The molecule has 0 saturated carbocycles. The SMILES string of the molecule is CCCCCCC/C=C\C/C=C\C/C=C\CCCCCCCCCCCCCCCCCCCCC(=O)OCC(COC(=O)CCCCCCCCCCCCCC)OC(=O)CCCCCCCCCCCCCCC. The molecule has 0 fully saturated rings. The molecule has 76 heavy (non-hydrogen) atoms. The highest BCUT2D eigenvalue weighted by atomic mass is 16.6. The highest BCUT2D eigenvalue weighted by Gasteiger charge is 2.19. The van der Waals surface area contributed by atoms with Crippen LogP contribution >= 0.6 is 0 Å². The first-order valence-electron chi connectivity index (χ1n) is 34.0. The minimum atomic E-state index is -0.765. The normalized spacial score (nSPS) is 12.2. The Morgan fingerprint density at radius 2 is 0.474 bits per heavy atom. The van der Waals surface area contributed by atoms with Gasteiger partial charge in [-0.25, -0.2) is 0 Å². The van der Waals surface area contributed by atoms with Crippen LogP contribution in [0.4, 0.5) is 0 Å². The molecule has 6 heteroatoms. The molecule has 0 amide bonds. The van der Waals surface area contributed by atoms with Gasteiger partial charge in [-0.05, 0) is 57.8 Å². The Labute approximate surface area is 474 Å². The zero-order valence-electron chi connectivity index (χ0n) is 51.3. The molecule has 0 N–H and O–H groups in total. The van der Waals surface area contributed by atoms with Crippen LogP contribution in [0.1, 0.15) is 374 Å². The molecule has 0 radical (unpaired) electrons. The largest absolute Gasteiger partial charge is 0.462 e. The van der Waals surface area contributed by atoms with Gasteiger partial charge in [0.15, 0.2) is 6.10 Å². The van der Waals surface area contributed by atoms with Gasteiger partial charge in [0.25, 0.3) is 0 Å². The summed E-state index contributed by atoms with van der Waals surface area (Å²) in [7, 11) is 0. The molecule has 0 aromatic carbocycles. The van der Waals surface area contributed by atoms with Crippen molar-refractivity contribution in [2.24, 2.45) is 0 Å². The lowest BCUT2D eigenvalue weighted by atomic mass is 10.0. The van der Waals surface area contributed by atoms with E-state index in [-0.39, 0.29) is 31.1 Å². The van der Waals surface area contributed by atoms with Gasteiger partial charge in [-0.15, -0.1) is 0 Å². The number of allylic oxidation sites excluding steroid dienone is 6. The number of hydrogen-bond donors (Lipinski definition) is 0. The fraction of sp³-hybridized carbons (Fsp3) is 0.871. The minimum absolute atomic E-state index is 0.0646. The van der Waals surface area contributed by atoms with Crippen molar-refractivity contribution in [1.29, 1.82) is 0 Å². The molecule has 6 nitrogen and oxygen atoms in total. The highest BCUT2D eigenvalue weighted by molar-refractivity contribution is 5.71. The summed E-state index contributed by atoms with van der Waals surface area (Å²) in [6.07, 6.45) is 80.3. The fourth-order valence-corrected chi connectivity index (χ4v) is 10.3. The number of unbranched alkanes of at least 4 members (excludes halogenated alkanes) is 46. The van der Waals surface area contributed by atoms with Gasteiger partial charge >= 0.3 is 17.9 Å². The minimum Gasteiger partial charge on any atom is -0.462 e. The molecular weight excluding hydrogens is 937 g/mol. The van der Waals surface area contributed by atoms with Gasteiger partial charge in [-0.1, -0.05) is 333 Å². The van der Waals surface area contributed by atoms with E-state index in [0.717, 1.165) is 70.6 Å². The second kappa shape index (κ2) is 65.2. The van der Waals surface area contributed by atoms with Crippen molar-refractivity contribution in [2.75, 3.05) is 13.2 Å². The Bertz CT molecular complexity index is 1270. The molecule has 0 aromatic heterocycles. The molecule has 1 atom stereocenters. The van der Waals surface area contributed by atoms with Crippen LogP contribution in [-0.4, -0.2) is 37.2 Å². The van der Waals surface area contributed by atoms with E-state index in [4.69, 9.17) is 14.2 Å². The van der Waals surface area contributed by atoms with E-state index in [1.54, 1.807) is 0 Å². The summed E-state index contributed by atoms with van der Waals surface area (Å²) in [5.41, 5.74) is 0. The molecule has 0 rings (SSSR count). The van der Waals surface area contributed by atoms with E-state index in [1.165, 1.54) is 263 Å². The van der Waals surface area contributed by atoms with Crippen molar-refractivity contribution >= 4 is 17.9 Å². The molecular formula is C70H130O6. The lowest BCUT2D eigenvalue weighted by molar-refractivity contribution is -0.167. The molecule has 0 aliphatic rings. The van der Waals surface area contributed by atoms with Crippen LogP contribution in [0.2, 0.25) is 0 Å². The Balaban J connectivity index is 4.05. The third kappa shape index (κ3) is 62.5. The summed E-state index contributed by atoms with van der Waals surface area (Å²) in [6, 6.07) is 0. The Hall–Kier alpha value is -2.37. The standard InChI is InChI=1S/C70H130O6/c1-4-7-10-13-16-19-22-25-26-27-28-29-30-31-32-33-34-35-36-37-38-39-40-41-42-43-44-46-48-51-54-57-60-63-69(72)75-66-67(65-74-68(71)62-59-56-53-50-47-24-21-18-15-12-9-6-3)76-70(73)64-61-58-55-52-49-45-23-20-17-14-11-8-5-2/h22,25,27-28,30-31,67H,4-21,23-24,26,29,32-66H2,1-3H3/b25-22-,28-27-,31-30-. The first kappa shape index (κ1) is 73.6. The first-order chi connectivity index (χ1) is 37.5. The summed E-state index contributed by atoms with van der Waals surface area (Å²) < 4.78 is 16.9. The second-order valence-electron chi connectivity index (χ2n) is 23.1. The molecule has 446 valence electrons. The summed E-state index contributed by atoms with van der Waals surface area (Å²) in [6.45, 7) is 6.68. The third-order valence-electron chi connectivity index (χ3n) is 15.4. The summed E-state index contributed by atoms with van der Waals surface area (Å²) in [4.78, 5) is 38.2. The van der Waals surface area contributed by atoms with Gasteiger partial charge in [0.05, 0.1) is 0 Å². The maximum atomic E-state index is 12.9. The molecule has 0 saturated heterocycles. The van der Waals surface area contributed by atoms with Crippen LogP contribution in [0.5, 0.6) is 0 Å². The van der Waals surface area contributed by atoms with Crippen molar-refractivity contribution in [3.05, 3.63) is 36.5 Å². The third-order valence-corrected chi connectivity index (χ3v) is 15.4. The summed E-state index contributed by atoms with van der Waals surface area (Å²) in [5, 5.41) is 0. The highest BCUT2D eigenvalue weighted by Crippen LogP contribution is 2.18. The van der Waals surface area contributed by atoms with Crippen molar-refractivity contribution in [3.8, 4) is 0 Å². The second-order valence-corrected chi connectivity index (χ2v) is 23.1. The molecule has 1 unspecified atom stereocenters. The van der Waals surface area contributed by atoms with Gasteiger partial charge in [0.1, 0.15) is 13.2 Å². The molecule has 0 spiro atoms. The number of rotatable bonds is 63. The van der Waals surface area contributed by atoms with E-state index in [9.17, 15) is 14.4 Å².